The monoisotopic (exact) mass is 544 g/mol. The number of rotatable bonds is 4. The van der Waals surface area contributed by atoms with Crippen LogP contribution in [0.5, 0.6) is 0 Å². The average molecular weight is 546 g/mol. The van der Waals surface area contributed by atoms with Crippen molar-refractivity contribution in [3.63, 3.8) is 0 Å². The summed E-state index contributed by atoms with van der Waals surface area (Å²) < 4.78 is 60.3. The Morgan fingerprint density at radius 1 is 1.24 bits per heavy atom. The standard InChI is InChI=1S/C20H10BrClF4N4O3/c21-12-1-7(20(24,25)26)5-30-6-15(27-17(12)30)18-28-16(29-33-18)11-4-14(23)9(3-13(11)22)8-2-10(8)19(31)32/h1,3-6,8,10H,2H2,(H,31,32). The predicted octanol–water partition coefficient (Wildman–Crippen LogP) is 5.81. The highest BCUT2D eigenvalue weighted by atomic mass is 79.9. The highest BCUT2D eigenvalue weighted by Gasteiger charge is 2.45. The first-order chi connectivity index (χ1) is 15.5. The van der Waals surface area contributed by atoms with E-state index in [2.05, 4.69) is 31.1 Å². The van der Waals surface area contributed by atoms with E-state index in [0.29, 0.717) is 6.42 Å². The van der Waals surface area contributed by atoms with Crippen LogP contribution in [-0.2, 0) is 11.0 Å². The lowest BCUT2D eigenvalue weighted by Gasteiger charge is -2.07. The number of hydrogen-bond donors (Lipinski definition) is 1. The molecule has 1 saturated carbocycles. The summed E-state index contributed by atoms with van der Waals surface area (Å²) in [6.45, 7) is 0. The van der Waals surface area contributed by atoms with Crippen molar-refractivity contribution in [3.05, 3.63) is 57.0 Å². The summed E-state index contributed by atoms with van der Waals surface area (Å²) in [6.07, 6.45) is -2.05. The first-order valence-electron chi connectivity index (χ1n) is 9.34. The highest BCUT2D eigenvalue weighted by Crippen LogP contribution is 2.49. The van der Waals surface area contributed by atoms with Crippen molar-refractivity contribution in [2.45, 2.75) is 18.5 Å². The van der Waals surface area contributed by atoms with Crippen LogP contribution < -0.4 is 0 Å². The van der Waals surface area contributed by atoms with Crippen LogP contribution in [0.4, 0.5) is 17.6 Å². The number of carbonyl (C=O) groups is 1. The molecule has 3 aromatic heterocycles. The fourth-order valence-corrected chi connectivity index (χ4v) is 4.38. The van der Waals surface area contributed by atoms with Crippen molar-refractivity contribution in [3.8, 4) is 23.0 Å². The van der Waals surface area contributed by atoms with Gasteiger partial charge in [-0.1, -0.05) is 16.8 Å². The van der Waals surface area contributed by atoms with E-state index >= 15 is 0 Å². The second-order valence-corrected chi connectivity index (χ2v) is 8.76. The molecule has 2 atom stereocenters. The van der Waals surface area contributed by atoms with Gasteiger partial charge in [0.05, 0.1) is 21.0 Å². The Balaban J connectivity index is 1.49. The third-order valence-electron chi connectivity index (χ3n) is 5.31. The Kier molecular flexibility index (Phi) is 4.98. The van der Waals surface area contributed by atoms with E-state index in [1.54, 1.807) is 0 Å². The number of nitrogens with zero attached hydrogens (tertiary/aromatic N) is 4. The van der Waals surface area contributed by atoms with Crippen LogP contribution in [0.3, 0.4) is 0 Å². The van der Waals surface area contributed by atoms with E-state index in [-0.39, 0.29) is 43.7 Å². The zero-order valence-corrected chi connectivity index (χ0v) is 18.4. The molecule has 33 heavy (non-hydrogen) atoms. The van der Waals surface area contributed by atoms with E-state index in [1.807, 2.05) is 0 Å². The summed E-state index contributed by atoms with van der Waals surface area (Å²) in [5.74, 6) is -2.91. The van der Waals surface area contributed by atoms with Crippen molar-refractivity contribution >= 4 is 39.1 Å². The summed E-state index contributed by atoms with van der Waals surface area (Å²) in [5.41, 5.74) is -0.261. The van der Waals surface area contributed by atoms with Gasteiger partial charge in [-0.15, -0.1) is 0 Å². The maximum absolute atomic E-state index is 14.6. The minimum Gasteiger partial charge on any atom is -0.481 e. The molecule has 13 heteroatoms. The number of carboxylic acids is 1. The number of aromatic nitrogens is 4. The van der Waals surface area contributed by atoms with E-state index in [1.165, 1.54) is 16.7 Å². The second-order valence-electron chi connectivity index (χ2n) is 7.50. The molecule has 0 aliphatic heterocycles. The molecule has 0 radical (unpaired) electrons. The van der Waals surface area contributed by atoms with Crippen molar-refractivity contribution in [2.75, 3.05) is 0 Å². The lowest BCUT2D eigenvalue weighted by molar-refractivity contribution is -0.139. The number of halogens is 6. The topological polar surface area (TPSA) is 93.5 Å². The van der Waals surface area contributed by atoms with Gasteiger partial charge in [0.15, 0.2) is 5.65 Å². The van der Waals surface area contributed by atoms with Crippen LogP contribution in [0.15, 0.2) is 39.6 Å². The van der Waals surface area contributed by atoms with Gasteiger partial charge < -0.3 is 14.0 Å². The molecule has 0 amide bonds. The largest absolute Gasteiger partial charge is 0.481 e. The molecule has 0 bridgehead atoms. The third kappa shape index (κ3) is 3.86. The SMILES string of the molecule is O=C(O)C1CC1c1cc(Cl)c(-c2noc(-c3cn4cc(C(F)(F)F)cc(Br)c4n3)n2)cc1F. The van der Waals surface area contributed by atoms with Crippen LogP contribution in [0, 0.1) is 11.7 Å². The quantitative estimate of drug-likeness (QED) is 0.325. The maximum Gasteiger partial charge on any atom is 0.417 e. The molecule has 1 aliphatic rings. The molecule has 3 heterocycles. The van der Waals surface area contributed by atoms with Crippen molar-refractivity contribution in [1.82, 2.24) is 19.5 Å². The minimum atomic E-state index is -4.54. The number of carboxylic acid groups (broad SMARTS) is 1. The van der Waals surface area contributed by atoms with Crippen molar-refractivity contribution in [2.24, 2.45) is 5.92 Å². The molecule has 170 valence electrons. The summed E-state index contributed by atoms with van der Waals surface area (Å²) >= 11 is 9.34. The van der Waals surface area contributed by atoms with Gasteiger partial charge in [0.25, 0.3) is 5.89 Å². The minimum absolute atomic E-state index is 0.0573. The Labute approximate surface area is 195 Å². The van der Waals surface area contributed by atoms with Gasteiger partial charge in [-0.05, 0) is 46.1 Å². The van der Waals surface area contributed by atoms with Gasteiger partial charge in [-0.25, -0.2) is 9.37 Å². The number of fused-ring (bicyclic) bond motifs is 1. The van der Waals surface area contributed by atoms with Gasteiger partial charge in [0.2, 0.25) is 5.82 Å². The normalized spacial score (nSPS) is 18.1. The van der Waals surface area contributed by atoms with Crippen LogP contribution in [-0.4, -0.2) is 30.6 Å². The average Bonchev–Trinajstić information content (AvgIpc) is 3.16. The first-order valence-corrected chi connectivity index (χ1v) is 10.5. The Morgan fingerprint density at radius 3 is 2.67 bits per heavy atom. The fraction of sp³-hybridized carbons (Fsp3) is 0.200. The molecular weight excluding hydrogens is 536 g/mol. The van der Waals surface area contributed by atoms with Crippen LogP contribution >= 0.6 is 27.5 Å². The number of pyridine rings is 1. The lowest BCUT2D eigenvalue weighted by Crippen LogP contribution is -2.06. The zero-order chi connectivity index (χ0) is 23.7. The number of hydrogen-bond acceptors (Lipinski definition) is 5. The molecule has 1 aromatic carbocycles. The smallest absolute Gasteiger partial charge is 0.417 e. The number of aliphatic carboxylic acids is 1. The Bertz CT molecular complexity index is 1430. The Hall–Kier alpha value is -2.99. The molecule has 2 unspecified atom stereocenters. The van der Waals surface area contributed by atoms with Crippen molar-refractivity contribution < 1.29 is 32.0 Å². The van der Waals surface area contributed by atoms with Crippen LogP contribution in [0.25, 0.3) is 28.6 Å². The predicted molar refractivity (Wildman–Crippen MR) is 110 cm³/mol. The van der Waals surface area contributed by atoms with E-state index in [4.69, 9.17) is 21.2 Å². The van der Waals surface area contributed by atoms with Crippen LogP contribution in [0.2, 0.25) is 5.02 Å². The summed E-state index contributed by atoms with van der Waals surface area (Å²) in [7, 11) is 0. The lowest BCUT2D eigenvalue weighted by atomic mass is 10.0. The molecular formula is C20H10BrClF4N4O3. The molecule has 7 nitrogen and oxygen atoms in total. The Morgan fingerprint density at radius 2 is 2.00 bits per heavy atom. The molecule has 0 spiro atoms. The summed E-state index contributed by atoms with van der Waals surface area (Å²) in [5, 5.41) is 12.9. The van der Waals surface area contributed by atoms with Crippen LogP contribution in [0.1, 0.15) is 23.5 Å². The number of alkyl halides is 3. The second kappa shape index (κ2) is 7.52. The van der Waals surface area contributed by atoms with E-state index < -0.39 is 35.4 Å². The number of benzene rings is 1. The molecule has 5 rings (SSSR count). The fourth-order valence-electron chi connectivity index (χ4n) is 3.58. The third-order valence-corrected chi connectivity index (χ3v) is 6.21. The van der Waals surface area contributed by atoms with Gasteiger partial charge in [-0.2, -0.15) is 18.2 Å². The molecule has 1 aliphatic carbocycles. The van der Waals surface area contributed by atoms with Gasteiger partial charge in [0.1, 0.15) is 11.5 Å². The van der Waals surface area contributed by atoms with Gasteiger partial charge in [-0.3, -0.25) is 4.79 Å². The summed E-state index contributed by atoms with van der Waals surface area (Å²) in [6, 6.07) is 3.35. The molecule has 1 N–H and O–H groups in total. The highest BCUT2D eigenvalue weighted by molar-refractivity contribution is 9.10. The molecule has 4 aromatic rings. The van der Waals surface area contributed by atoms with Gasteiger partial charge >= 0.3 is 12.1 Å². The van der Waals surface area contributed by atoms with E-state index in [0.717, 1.165) is 18.3 Å². The maximum atomic E-state index is 14.6. The summed E-state index contributed by atoms with van der Waals surface area (Å²) in [4.78, 5) is 19.4. The van der Waals surface area contributed by atoms with Crippen molar-refractivity contribution in [1.29, 1.82) is 0 Å². The first kappa shape index (κ1) is 21.8. The molecule has 0 saturated heterocycles. The van der Waals surface area contributed by atoms with E-state index in [9.17, 15) is 22.4 Å². The number of imidazole rings is 1. The molecule has 1 fully saturated rings. The van der Waals surface area contributed by atoms with Gasteiger partial charge in [0, 0.05) is 23.9 Å². The zero-order valence-electron chi connectivity index (χ0n) is 16.1.